The molecule has 0 aliphatic heterocycles. The summed E-state index contributed by atoms with van der Waals surface area (Å²) in [6.07, 6.45) is 0. The third-order valence-electron chi connectivity index (χ3n) is 1.97. The summed E-state index contributed by atoms with van der Waals surface area (Å²) in [5.74, 6) is 0.938. The average molecular weight is 174 g/mol. The van der Waals surface area contributed by atoms with Crippen LogP contribution in [0.15, 0.2) is 42.5 Å². The fourth-order valence-corrected chi connectivity index (χ4v) is 1.37. The maximum absolute atomic E-state index is 5.23. The summed E-state index contributed by atoms with van der Waals surface area (Å²) in [5.41, 5.74) is 0. The van der Waals surface area contributed by atoms with Crippen molar-refractivity contribution >= 4 is 10.8 Å². The summed E-state index contributed by atoms with van der Waals surface area (Å²) in [4.78, 5) is 0. The molecule has 0 spiro atoms. The van der Waals surface area contributed by atoms with Crippen LogP contribution in [0.25, 0.3) is 10.8 Å². The summed E-state index contributed by atoms with van der Waals surface area (Å²) in [5, 5.41) is 2.39. The van der Waals surface area contributed by atoms with Gasteiger partial charge in [0.1, 0.15) is 5.75 Å². The fourth-order valence-electron chi connectivity index (χ4n) is 1.37. The first-order chi connectivity index (χ1) is 5.92. The molecule has 2 rings (SSSR count). The minimum absolute atomic E-state index is 0. The van der Waals surface area contributed by atoms with Crippen LogP contribution >= 0.6 is 0 Å². The van der Waals surface area contributed by atoms with Gasteiger partial charge >= 0.3 is 0 Å². The molecule has 2 aromatic carbocycles. The molecule has 0 aromatic heterocycles. The number of hydrogen-bond acceptors (Lipinski definition) is 1. The predicted molar refractivity (Wildman–Crippen MR) is 57.2 cm³/mol. The van der Waals surface area contributed by atoms with Crippen molar-refractivity contribution in [1.82, 2.24) is 0 Å². The minimum Gasteiger partial charge on any atom is -0.496 e. The van der Waals surface area contributed by atoms with Crippen molar-refractivity contribution in [2.45, 2.75) is 7.43 Å². The number of ether oxygens (including phenoxy) is 1. The van der Waals surface area contributed by atoms with E-state index < -0.39 is 0 Å². The van der Waals surface area contributed by atoms with Crippen molar-refractivity contribution in [3.8, 4) is 5.75 Å². The van der Waals surface area contributed by atoms with E-state index in [-0.39, 0.29) is 7.43 Å². The summed E-state index contributed by atoms with van der Waals surface area (Å²) >= 11 is 0. The second kappa shape index (κ2) is 3.94. The third-order valence-corrected chi connectivity index (χ3v) is 1.97. The first-order valence-corrected chi connectivity index (χ1v) is 3.93. The summed E-state index contributed by atoms with van der Waals surface area (Å²) < 4.78 is 5.23. The first-order valence-electron chi connectivity index (χ1n) is 3.93. The van der Waals surface area contributed by atoms with Gasteiger partial charge in [0, 0.05) is 5.39 Å². The van der Waals surface area contributed by atoms with Crippen molar-refractivity contribution in [2.24, 2.45) is 0 Å². The normalized spacial score (nSPS) is 9.31. The van der Waals surface area contributed by atoms with Gasteiger partial charge in [0.15, 0.2) is 0 Å². The van der Waals surface area contributed by atoms with Crippen molar-refractivity contribution in [2.75, 3.05) is 7.11 Å². The summed E-state index contributed by atoms with van der Waals surface area (Å²) in [6.45, 7) is 0. The van der Waals surface area contributed by atoms with Gasteiger partial charge in [-0.3, -0.25) is 0 Å². The lowest BCUT2D eigenvalue weighted by molar-refractivity contribution is 0.420. The molecule has 0 N–H and O–H groups in total. The van der Waals surface area contributed by atoms with Gasteiger partial charge in [-0.1, -0.05) is 43.8 Å². The summed E-state index contributed by atoms with van der Waals surface area (Å²) in [7, 11) is 1.70. The van der Waals surface area contributed by atoms with Crippen LogP contribution < -0.4 is 4.74 Å². The van der Waals surface area contributed by atoms with E-state index in [2.05, 4.69) is 18.2 Å². The minimum atomic E-state index is 0. The lowest BCUT2D eigenvalue weighted by Gasteiger charge is -2.03. The Morgan fingerprint density at radius 2 is 1.62 bits per heavy atom. The monoisotopic (exact) mass is 174 g/mol. The second-order valence-electron chi connectivity index (χ2n) is 2.68. The average Bonchev–Trinajstić information content (AvgIpc) is 2.17. The van der Waals surface area contributed by atoms with Gasteiger partial charge in [0.2, 0.25) is 0 Å². The first kappa shape index (κ1) is 9.59. The quantitative estimate of drug-likeness (QED) is 0.643. The molecule has 13 heavy (non-hydrogen) atoms. The Morgan fingerprint density at radius 1 is 0.923 bits per heavy atom. The fraction of sp³-hybridized carbons (Fsp3) is 0.167. The van der Waals surface area contributed by atoms with Gasteiger partial charge in [-0.2, -0.15) is 0 Å². The van der Waals surface area contributed by atoms with E-state index in [9.17, 15) is 0 Å². The van der Waals surface area contributed by atoms with E-state index in [0.29, 0.717) is 0 Å². The zero-order valence-electron chi connectivity index (χ0n) is 6.95. The molecule has 68 valence electrons. The van der Waals surface area contributed by atoms with Crippen LogP contribution in [0.5, 0.6) is 5.75 Å². The number of hydrogen-bond donors (Lipinski definition) is 0. The molecular formula is C12H14O. The van der Waals surface area contributed by atoms with Crippen LogP contribution in [0, 0.1) is 0 Å². The standard InChI is InChI=1S/C11H10O.CH4/c1-12-11-8-4-6-9-5-2-3-7-10(9)11;/h2-8H,1H3;1H4. The Labute approximate surface area is 79.0 Å². The van der Waals surface area contributed by atoms with E-state index >= 15 is 0 Å². The van der Waals surface area contributed by atoms with Gasteiger partial charge in [0.05, 0.1) is 7.11 Å². The number of benzene rings is 2. The molecule has 0 saturated carbocycles. The van der Waals surface area contributed by atoms with Crippen LogP contribution in [-0.4, -0.2) is 7.11 Å². The van der Waals surface area contributed by atoms with Crippen LogP contribution in [0.2, 0.25) is 0 Å². The SMILES string of the molecule is C.COc1cccc2ccccc12. The van der Waals surface area contributed by atoms with Crippen molar-refractivity contribution in [3.05, 3.63) is 42.5 Å². The highest BCUT2D eigenvalue weighted by Gasteiger charge is 1.96. The van der Waals surface area contributed by atoms with E-state index in [1.165, 1.54) is 10.8 Å². The summed E-state index contributed by atoms with van der Waals surface area (Å²) in [6, 6.07) is 14.2. The third kappa shape index (κ3) is 1.64. The highest BCUT2D eigenvalue weighted by Crippen LogP contribution is 2.24. The largest absolute Gasteiger partial charge is 0.496 e. The van der Waals surface area contributed by atoms with E-state index in [1.54, 1.807) is 7.11 Å². The zero-order valence-corrected chi connectivity index (χ0v) is 6.95. The van der Waals surface area contributed by atoms with Crippen molar-refractivity contribution in [3.63, 3.8) is 0 Å². The molecule has 0 aliphatic rings. The highest BCUT2D eigenvalue weighted by atomic mass is 16.5. The Bertz CT molecular complexity index is 388. The topological polar surface area (TPSA) is 9.23 Å². The molecule has 2 aromatic rings. The zero-order chi connectivity index (χ0) is 8.39. The van der Waals surface area contributed by atoms with Crippen molar-refractivity contribution < 1.29 is 4.74 Å². The van der Waals surface area contributed by atoms with Crippen LogP contribution in [0.1, 0.15) is 7.43 Å². The molecule has 0 saturated heterocycles. The van der Waals surface area contributed by atoms with E-state index in [4.69, 9.17) is 4.74 Å². The van der Waals surface area contributed by atoms with E-state index in [0.717, 1.165) is 5.75 Å². The highest BCUT2D eigenvalue weighted by molar-refractivity contribution is 5.88. The molecule has 0 bridgehead atoms. The maximum atomic E-state index is 5.23. The number of fused-ring (bicyclic) bond motifs is 1. The van der Waals surface area contributed by atoms with E-state index in [1.807, 2.05) is 24.3 Å². The molecule has 0 fully saturated rings. The Kier molecular flexibility index (Phi) is 2.91. The predicted octanol–water partition coefficient (Wildman–Crippen LogP) is 3.48. The molecule has 0 amide bonds. The molecule has 0 radical (unpaired) electrons. The maximum Gasteiger partial charge on any atom is 0.126 e. The van der Waals surface area contributed by atoms with Gasteiger partial charge < -0.3 is 4.74 Å². The molecule has 1 nitrogen and oxygen atoms in total. The van der Waals surface area contributed by atoms with Crippen LogP contribution in [0.4, 0.5) is 0 Å². The molecule has 0 unspecified atom stereocenters. The smallest absolute Gasteiger partial charge is 0.126 e. The van der Waals surface area contributed by atoms with Crippen molar-refractivity contribution in [1.29, 1.82) is 0 Å². The second-order valence-corrected chi connectivity index (χ2v) is 2.68. The number of rotatable bonds is 1. The number of methoxy groups -OCH3 is 1. The molecule has 1 heteroatoms. The van der Waals surface area contributed by atoms with Gasteiger partial charge in [-0.25, -0.2) is 0 Å². The molecule has 0 atom stereocenters. The Hall–Kier alpha value is -1.50. The van der Waals surface area contributed by atoms with Gasteiger partial charge in [-0.15, -0.1) is 0 Å². The van der Waals surface area contributed by atoms with Crippen LogP contribution in [0.3, 0.4) is 0 Å². The van der Waals surface area contributed by atoms with Gasteiger partial charge in [-0.05, 0) is 11.5 Å². The molecule has 0 aliphatic carbocycles. The molecular weight excluding hydrogens is 160 g/mol. The van der Waals surface area contributed by atoms with Crippen LogP contribution in [-0.2, 0) is 0 Å². The lowest BCUT2D eigenvalue weighted by atomic mass is 10.1. The Balaban J connectivity index is 0.000000845. The lowest BCUT2D eigenvalue weighted by Crippen LogP contribution is -1.83. The molecule has 0 heterocycles. The Morgan fingerprint density at radius 3 is 2.38 bits per heavy atom. The van der Waals surface area contributed by atoms with Gasteiger partial charge in [0.25, 0.3) is 0 Å².